The fourth-order valence-corrected chi connectivity index (χ4v) is 2.13. The highest BCUT2D eigenvalue weighted by Crippen LogP contribution is 2.25. The van der Waals surface area contributed by atoms with Crippen LogP contribution in [0, 0.1) is 0 Å². The molecule has 0 aliphatic heterocycles. The van der Waals surface area contributed by atoms with Crippen molar-refractivity contribution in [2.75, 3.05) is 7.05 Å². The van der Waals surface area contributed by atoms with Crippen LogP contribution in [0.5, 0.6) is 0 Å². The Morgan fingerprint density at radius 1 is 1.18 bits per heavy atom. The van der Waals surface area contributed by atoms with Gasteiger partial charge in [0.2, 0.25) is 0 Å². The largest absolute Gasteiger partial charge is 0.312 e. The van der Waals surface area contributed by atoms with Crippen LogP contribution in [0.15, 0.2) is 52.6 Å². The van der Waals surface area contributed by atoms with Crippen LogP contribution in [0.4, 0.5) is 0 Å². The molecule has 0 aromatic carbocycles. The van der Waals surface area contributed by atoms with Gasteiger partial charge in [-0.25, -0.2) is 4.98 Å². The Balaban J connectivity index is 2.08. The van der Waals surface area contributed by atoms with Crippen molar-refractivity contribution in [2.45, 2.75) is 22.9 Å². The van der Waals surface area contributed by atoms with E-state index in [2.05, 4.69) is 28.3 Å². The predicted molar refractivity (Wildman–Crippen MR) is 70.1 cm³/mol. The first-order valence-corrected chi connectivity index (χ1v) is 6.33. The average Bonchev–Trinajstić information content (AvgIpc) is 2.40. The molecule has 0 bridgehead atoms. The van der Waals surface area contributed by atoms with Crippen LogP contribution in [0.2, 0.25) is 0 Å². The van der Waals surface area contributed by atoms with Crippen LogP contribution in [0.3, 0.4) is 0 Å². The molecule has 0 fully saturated rings. The number of aromatic nitrogens is 2. The highest BCUT2D eigenvalue weighted by atomic mass is 32.2. The lowest BCUT2D eigenvalue weighted by Crippen LogP contribution is -2.13. The summed E-state index contributed by atoms with van der Waals surface area (Å²) in [6, 6.07) is 10.3. The minimum atomic E-state index is 0.281. The molecule has 3 nitrogen and oxygen atoms in total. The quantitative estimate of drug-likeness (QED) is 0.898. The molecule has 0 aliphatic rings. The zero-order valence-corrected chi connectivity index (χ0v) is 10.7. The number of hydrogen-bond donors (Lipinski definition) is 1. The minimum absolute atomic E-state index is 0.281. The van der Waals surface area contributed by atoms with Gasteiger partial charge in [-0.15, -0.1) is 0 Å². The Hall–Kier alpha value is -1.39. The maximum atomic E-state index is 4.43. The zero-order chi connectivity index (χ0) is 12.1. The summed E-state index contributed by atoms with van der Waals surface area (Å²) in [7, 11) is 1.93. The molecule has 2 aromatic rings. The van der Waals surface area contributed by atoms with Crippen molar-refractivity contribution in [3.05, 3.63) is 48.4 Å². The van der Waals surface area contributed by atoms with E-state index in [-0.39, 0.29) is 6.04 Å². The van der Waals surface area contributed by atoms with Gasteiger partial charge in [0.15, 0.2) is 0 Å². The second-order valence-corrected chi connectivity index (χ2v) is 4.79. The number of hydrogen-bond acceptors (Lipinski definition) is 4. The van der Waals surface area contributed by atoms with Crippen LogP contribution in [0.25, 0.3) is 0 Å². The Morgan fingerprint density at radius 3 is 2.65 bits per heavy atom. The molecule has 0 saturated carbocycles. The van der Waals surface area contributed by atoms with Gasteiger partial charge < -0.3 is 5.32 Å². The molecule has 0 aliphatic carbocycles. The number of nitrogens with one attached hydrogen (secondary N) is 1. The first-order valence-electron chi connectivity index (χ1n) is 5.51. The van der Waals surface area contributed by atoms with Crippen molar-refractivity contribution in [3.8, 4) is 0 Å². The van der Waals surface area contributed by atoms with Gasteiger partial charge in [-0.2, -0.15) is 0 Å². The fourth-order valence-electron chi connectivity index (χ4n) is 1.38. The third kappa shape index (κ3) is 3.28. The summed E-state index contributed by atoms with van der Waals surface area (Å²) >= 11 is 1.62. The van der Waals surface area contributed by atoms with E-state index >= 15 is 0 Å². The van der Waals surface area contributed by atoms with Crippen LogP contribution in [0.1, 0.15) is 18.7 Å². The monoisotopic (exact) mass is 245 g/mol. The summed E-state index contributed by atoms with van der Waals surface area (Å²) in [4.78, 5) is 9.81. The lowest BCUT2D eigenvalue weighted by atomic mass is 10.2. The molecule has 0 spiro atoms. The van der Waals surface area contributed by atoms with E-state index in [1.807, 2.05) is 37.5 Å². The SMILES string of the molecule is CNC(C)c1ccc(Sc2ccccn2)cn1. The predicted octanol–water partition coefficient (Wildman–Crippen LogP) is 2.91. The van der Waals surface area contributed by atoms with Crippen molar-refractivity contribution in [1.29, 1.82) is 0 Å². The average molecular weight is 245 g/mol. The van der Waals surface area contributed by atoms with E-state index in [4.69, 9.17) is 0 Å². The van der Waals surface area contributed by atoms with Gasteiger partial charge in [-0.1, -0.05) is 17.8 Å². The zero-order valence-electron chi connectivity index (χ0n) is 9.92. The summed E-state index contributed by atoms with van der Waals surface area (Å²) in [5.41, 5.74) is 1.05. The molecule has 2 rings (SSSR count). The van der Waals surface area contributed by atoms with Crippen LogP contribution < -0.4 is 5.32 Å². The number of rotatable bonds is 4. The summed E-state index contributed by atoms with van der Waals surface area (Å²) in [5.74, 6) is 0. The molecule has 0 radical (unpaired) electrons. The van der Waals surface area contributed by atoms with Crippen LogP contribution >= 0.6 is 11.8 Å². The highest BCUT2D eigenvalue weighted by molar-refractivity contribution is 7.99. The molecule has 4 heteroatoms. The second kappa shape index (κ2) is 5.80. The van der Waals surface area contributed by atoms with E-state index in [0.29, 0.717) is 0 Å². The highest BCUT2D eigenvalue weighted by Gasteiger charge is 2.04. The Labute approximate surface area is 106 Å². The Bertz CT molecular complexity index is 456. The summed E-state index contributed by atoms with van der Waals surface area (Å²) < 4.78 is 0. The van der Waals surface area contributed by atoms with Gasteiger partial charge in [0, 0.05) is 23.3 Å². The van der Waals surface area contributed by atoms with E-state index in [1.165, 1.54) is 0 Å². The van der Waals surface area contributed by atoms with Gasteiger partial charge in [0.25, 0.3) is 0 Å². The minimum Gasteiger partial charge on any atom is -0.312 e. The maximum Gasteiger partial charge on any atom is 0.101 e. The third-order valence-corrected chi connectivity index (χ3v) is 3.42. The maximum absolute atomic E-state index is 4.43. The molecule has 0 amide bonds. The number of pyridine rings is 2. The third-order valence-electron chi connectivity index (χ3n) is 2.50. The first kappa shape index (κ1) is 12.1. The summed E-state index contributed by atoms with van der Waals surface area (Å²) in [5, 5.41) is 4.16. The fraction of sp³-hybridized carbons (Fsp3) is 0.231. The van der Waals surface area contributed by atoms with Crippen molar-refractivity contribution in [1.82, 2.24) is 15.3 Å². The smallest absolute Gasteiger partial charge is 0.101 e. The van der Waals surface area contributed by atoms with Crippen molar-refractivity contribution < 1.29 is 0 Å². The first-order chi connectivity index (χ1) is 8.29. The van der Waals surface area contributed by atoms with Crippen LogP contribution in [-0.4, -0.2) is 17.0 Å². The van der Waals surface area contributed by atoms with Gasteiger partial charge in [-0.05, 0) is 38.2 Å². The van der Waals surface area contributed by atoms with E-state index in [9.17, 15) is 0 Å². The van der Waals surface area contributed by atoms with Crippen molar-refractivity contribution in [3.63, 3.8) is 0 Å². The van der Waals surface area contributed by atoms with Crippen molar-refractivity contribution in [2.24, 2.45) is 0 Å². The second-order valence-electron chi connectivity index (χ2n) is 3.70. The van der Waals surface area contributed by atoms with Gasteiger partial charge in [-0.3, -0.25) is 4.98 Å². The molecular weight excluding hydrogens is 230 g/mol. The topological polar surface area (TPSA) is 37.8 Å². The molecule has 17 heavy (non-hydrogen) atoms. The van der Waals surface area contributed by atoms with Gasteiger partial charge in [0.1, 0.15) is 5.03 Å². The molecule has 2 aromatic heterocycles. The number of nitrogens with zero attached hydrogens (tertiary/aromatic N) is 2. The van der Waals surface area contributed by atoms with Crippen molar-refractivity contribution >= 4 is 11.8 Å². The van der Waals surface area contributed by atoms with E-state index in [0.717, 1.165) is 15.6 Å². The lowest BCUT2D eigenvalue weighted by molar-refractivity contribution is 0.631. The van der Waals surface area contributed by atoms with Crippen LogP contribution in [-0.2, 0) is 0 Å². The Morgan fingerprint density at radius 2 is 2.06 bits per heavy atom. The van der Waals surface area contributed by atoms with Gasteiger partial charge in [0.05, 0.1) is 5.69 Å². The molecule has 2 heterocycles. The lowest BCUT2D eigenvalue weighted by Gasteiger charge is -2.09. The standard InChI is InChI=1S/C13H15N3S/c1-10(14-2)12-7-6-11(9-16-12)17-13-5-3-4-8-15-13/h3-10,14H,1-2H3. The molecule has 88 valence electrons. The molecular formula is C13H15N3S. The molecule has 1 N–H and O–H groups in total. The van der Waals surface area contributed by atoms with E-state index in [1.54, 1.807) is 18.0 Å². The summed E-state index contributed by atoms with van der Waals surface area (Å²) in [6.07, 6.45) is 3.69. The molecule has 1 unspecified atom stereocenters. The normalized spacial score (nSPS) is 12.4. The molecule has 1 atom stereocenters. The van der Waals surface area contributed by atoms with E-state index < -0.39 is 0 Å². The molecule has 0 saturated heterocycles. The van der Waals surface area contributed by atoms with Gasteiger partial charge >= 0.3 is 0 Å². The summed E-state index contributed by atoms with van der Waals surface area (Å²) in [6.45, 7) is 2.09. The Kier molecular flexibility index (Phi) is 4.12.